The predicted octanol–water partition coefficient (Wildman–Crippen LogP) is 5.70. The van der Waals surface area contributed by atoms with Gasteiger partial charge in [0, 0.05) is 71.8 Å². The van der Waals surface area contributed by atoms with E-state index < -0.39 is 45.0 Å². The minimum absolute atomic E-state index is 0. The molecule has 1 amide bonds. The van der Waals surface area contributed by atoms with Gasteiger partial charge in [-0.2, -0.15) is 4.72 Å². The zero-order chi connectivity index (χ0) is 53.1. The van der Waals surface area contributed by atoms with Gasteiger partial charge in [-0.15, -0.1) is 10.2 Å². The van der Waals surface area contributed by atoms with Gasteiger partial charge in [0.25, 0.3) is 0 Å². The summed E-state index contributed by atoms with van der Waals surface area (Å²) in [6.45, 7) is 1.61. The summed E-state index contributed by atoms with van der Waals surface area (Å²) in [5.41, 5.74) is 12.8. The van der Waals surface area contributed by atoms with Crippen LogP contribution in [-0.2, 0) is 47.5 Å². The van der Waals surface area contributed by atoms with Crippen molar-refractivity contribution in [2.75, 3.05) is 30.3 Å². The Hall–Kier alpha value is -9.40. The number of nitrogens with one attached hydrogen (secondary N) is 4. The molecule has 0 aliphatic carbocycles. The fourth-order valence-electron chi connectivity index (χ4n) is 7.67. The fraction of sp³-hybridized carbons (Fsp3) is 0.115. The van der Waals surface area contributed by atoms with Gasteiger partial charge in [0.2, 0.25) is 26.0 Å². The molecule has 25 heteroatoms. The Bertz CT molecular complexity index is 3890. The molecule has 10 rings (SSSR count). The lowest BCUT2D eigenvalue weighted by Crippen LogP contribution is -2.33. The van der Waals surface area contributed by atoms with Crippen molar-refractivity contribution in [3.05, 3.63) is 182 Å². The van der Waals surface area contributed by atoms with Crippen molar-refractivity contribution in [1.29, 1.82) is 0 Å². The minimum Gasteiger partial charge on any atom is -0.465 e. The van der Waals surface area contributed by atoms with E-state index in [1.54, 1.807) is 28.3 Å². The Morgan fingerprint density at radius 2 is 1.01 bits per heavy atom. The molecule has 0 aliphatic rings. The number of amides is 1. The highest BCUT2D eigenvalue weighted by atomic mass is 32.2. The van der Waals surface area contributed by atoms with E-state index in [1.807, 2.05) is 122 Å². The second-order valence-electron chi connectivity index (χ2n) is 16.4. The number of aromatic nitrogens is 10. The number of ether oxygens (including phenoxy) is 1. The lowest BCUT2D eigenvalue weighted by atomic mass is 10.1. The molecular weight excluding hydrogens is 1020 g/mol. The minimum atomic E-state index is -4.03. The quantitative estimate of drug-likeness (QED) is 0.0529. The van der Waals surface area contributed by atoms with Crippen molar-refractivity contribution in [2.24, 2.45) is 5.73 Å². The van der Waals surface area contributed by atoms with Crippen molar-refractivity contribution in [2.45, 2.75) is 29.8 Å². The van der Waals surface area contributed by atoms with Gasteiger partial charge in [-0.05, 0) is 66.6 Å². The van der Waals surface area contributed by atoms with E-state index in [2.05, 4.69) is 50.2 Å². The molecule has 23 nitrogen and oxygen atoms in total. The predicted molar refractivity (Wildman–Crippen MR) is 288 cm³/mol. The number of nitrogens with two attached hydrogens (primary N) is 1. The molecule has 392 valence electrons. The van der Waals surface area contributed by atoms with Gasteiger partial charge in [-0.1, -0.05) is 72.8 Å². The zero-order valence-electron chi connectivity index (χ0n) is 41.1. The molecule has 9 N–H and O–H groups in total. The molecule has 0 saturated carbocycles. The maximum absolute atomic E-state index is 12.8. The summed E-state index contributed by atoms with van der Waals surface area (Å²) in [6, 6.07) is 37.8. The number of fused-ring (bicyclic) bond motifs is 2. The third-order valence-corrected chi connectivity index (χ3v) is 14.0. The smallest absolute Gasteiger partial charge is 0.321 e. The van der Waals surface area contributed by atoms with E-state index in [9.17, 15) is 26.4 Å². The first-order valence-electron chi connectivity index (χ1n) is 23.4. The first-order chi connectivity index (χ1) is 36.8. The van der Waals surface area contributed by atoms with E-state index in [0.717, 1.165) is 44.7 Å². The van der Waals surface area contributed by atoms with Crippen molar-refractivity contribution < 1.29 is 31.2 Å². The van der Waals surface area contributed by atoms with Gasteiger partial charge in [0.05, 0.1) is 37.6 Å². The number of nitrogens with zero attached hydrogens (tertiary/aromatic N) is 10. The molecular formula is C52H50N16O7S2. The lowest BCUT2D eigenvalue weighted by molar-refractivity contribution is -0.141. The number of sulfonamides is 2. The van der Waals surface area contributed by atoms with Crippen LogP contribution in [0.5, 0.6) is 0 Å². The molecule has 0 fully saturated rings. The Morgan fingerprint density at radius 3 is 1.43 bits per heavy atom. The Morgan fingerprint density at radius 1 is 0.571 bits per heavy atom. The summed E-state index contributed by atoms with van der Waals surface area (Å²) in [7, 11) is -8.05. The standard InChI is InChI=1S/C27H25N7O4S.C25H22N8O3S.H3N/c1-2-38-24(35)18-31-39(36,37)22-14-20(15-28-17-22)26-32-27(30-16-21-10-6-7-12-29-21)25-23(11-13-34(25)33-26)19-8-4-3-5-9-19;26-22(34)16-30-37(35,36)20-12-18(13-27-15-20)24-31-25(29-14-19-8-4-5-10-28-19)23-21(9-11-33(23)32-24)17-6-2-1-3-7-17;/h3-15,17,31H,2,16,18H2,1H3,(H,30,32,33);1-13,15,30H,14,16H2,(H2,26,34)(H,29,31,32);1H3. The number of carbonyl (C=O) groups excluding carboxylic acids is 2. The Labute approximate surface area is 441 Å². The molecule has 77 heavy (non-hydrogen) atoms. The molecule has 0 saturated heterocycles. The summed E-state index contributed by atoms with van der Waals surface area (Å²) >= 11 is 0. The van der Waals surface area contributed by atoms with Crippen LogP contribution in [-0.4, -0.2) is 97.5 Å². The summed E-state index contributed by atoms with van der Waals surface area (Å²) in [5, 5.41) is 16.0. The third-order valence-electron chi connectivity index (χ3n) is 11.2. The Kier molecular flexibility index (Phi) is 17.0. The molecule has 0 spiro atoms. The second kappa shape index (κ2) is 24.3. The normalized spacial score (nSPS) is 11.3. The summed E-state index contributed by atoms with van der Waals surface area (Å²) in [6.07, 6.45) is 12.4. The molecule has 2 aromatic carbocycles. The number of rotatable bonds is 19. The zero-order valence-corrected chi connectivity index (χ0v) is 42.8. The summed E-state index contributed by atoms with van der Waals surface area (Å²) < 4.78 is 63.4. The van der Waals surface area contributed by atoms with Crippen LogP contribution >= 0.6 is 0 Å². The highest BCUT2D eigenvalue weighted by Crippen LogP contribution is 2.33. The number of benzene rings is 2. The molecule has 0 aliphatic heterocycles. The molecule has 8 aromatic heterocycles. The number of esters is 1. The fourth-order valence-corrected chi connectivity index (χ4v) is 9.61. The summed E-state index contributed by atoms with van der Waals surface area (Å²) in [5.74, 6) is 0.126. The number of anilines is 2. The number of carbonyl (C=O) groups is 2. The van der Waals surface area contributed by atoms with E-state index in [-0.39, 0.29) is 34.2 Å². The number of primary amides is 1. The van der Waals surface area contributed by atoms with Crippen LogP contribution in [0.1, 0.15) is 18.3 Å². The van der Waals surface area contributed by atoms with E-state index >= 15 is 0 Å². The van der Waals surface area contributed by atoms with Gasteiger partial charge >= 0.3 is 5.97 Å². The van der Waals surface area contributed by atoms with Gasteiger partial charge in [0.1, 0.15) is 27.4 Å². The first-order valence-corrected chi connectivity index (χ1v) is 26.3. The van der Waals surface area contributed by atoms with Gasteiger partial charge < -0.3 is 27.3 Å². The number of hydrogen-bond acceptors (Lipinski definition) is 18. The lowest BCUT2D eigenvalue weighted by Gasteiger charge is -2.12. The average Bonchev–Trinajstić information content (AvgIpc) is 4.16. The van der Waals surface area contributed by atoms with Crippen LogP contribution in [0.25, 0.3) is 56.1 Å². The van der Waals surface area contributed by atoms with Crippen molar-refractivity contribution in [1.82, 2.24) is 64.7 Å². The summed E-state index contributed by atoms with van der Waals surface area (Å²) in [4.78, 5) is 48.8. The van der Waals surface area contributed by atoms with Crippen molar-refractivity contribution in [3.8, 4) is 45.0 Å². The van der Waals surface area contributed by atoms with E-state index in [0.29, 0.717) is 35.9 Å². The van der Waals surface area contributed by atoms with Crippen LogP contribution < -0.4 is 32.0 Å². The van der Waals surface area contributed by atoms with E-state index in [4.69, 9.17) is 20.4 Å². The number of pyridine rings is 4. The van der Waals surface area contributed by atoms with Crippen LogP contribution in [0.4, 0.5) is 11.6 Å². The average molecular weight is 1080 g/mol. The first kappa shape index (κ1) is 53.9. The van der Waals surface area contributed by atoms with Crippen molar-refractivity contribution >= 4 is 54.6 Å². The second-order valence-corrected chi connectivity index (χ2v) is 20.0. The van der Waals surface area contributed by atoms with Gasteiger partial charge in [-0.25, -0.2) is 40.6 Å². The van der Waals surface area contributed by atoms with Crippen LogP contribution in [0.2, 0.25) is 0 Å². The molecule has 0 unspecified atom stereocenters. The van der Waals surface area contributed by atoms with Gasteiger partial charge in [0.15, 0.2) is 23.3 Å². The van der Waals surface area contributed by atoms with Crippen LogP contribution in [0.3, 0.4) is 0 Å². The molecule has 10 aromatic rings. The van der Waals surface area contributed by atoms with E-state index in [1.165, 1.54) is 36.9 Å². The van der Waals surface area contributed by atoms with Gasteiger partial charge in [-0.3, -0.25) is 29.5 Å². The van der Waals surface area contributed by atoms with Crippen LogP contribution in [0, 0.1) is 0 Å². The third kappa shape index (κ3) is 13.1. The molecule has 0 atom stereocenters. The topological polar surface area (TPSA) is 333 Å². The molecule has 8 heterocycles. The number of hydrogen-bond donors (Lipinski definition) is 6. The highest BCUT2D eigenvalue weighted by Gasteiger charge is 2.22. The van der Waals surface area contributed by atoms with Crippen molar-refractivity contribution in [3.63, 3.8) is 0 Å². The molecule has 0 radical (unpaired) electrons. The Balaban J connectivity index is 0.000000201. The monoisotopic (exact) mass is 1070 g/mol. The maximum Gasteiger partial charge on any atom is 0.321 e. The maximum atomic E-state index is 12.8. The highest BCUT2D eigenvalue weighted by molar-refractivity contribution is 7.89. The van der Waals surface area contributed by atoms with Crippen LogP contribution in [0.15, 0.2) is 181 Å². The largest absolute Gasteiger partial charge is 0.465 e. The SMILES string of the molecule is CCOC(=O)CNS(=O)(=O)c1cncc(-c2nc(NCc3ccccn3)c3c(-c4ccccc4)ccn3n2)c1.N.NC(=O)CNS(=O)(=O)c1cncc(-c2nc(NCc3ccccn3)c3c(-c4ccccc4)ccn3n2)c1. The molecule has 0 bridgehead atoms.